The Morgan fingerprint density at radius 1 is 1.56 bits per heavy atom. The van der Waals surface area contributed by atoms with Crippen molar-refractivity contribution in [3.05, 3.63) is 0 Å². The molecule has 1 unspecified atom stereocenters. The van der Waals surface area contributed by atoms with E-state index in [9.17, 15) is 8.42 Å². The molecule has 0 radical (unpaired) electrons. The lowest BCUT2D eigenvalue weighted by molar-refractivity contribution is 0.141. The number of sulfone groups is 1. The maximum absolute atomic E-state index is 10.9. The summed E-state index contributed by atoms with van der Waals surface area (Å²) in [6, 6.07) is 0. The third-order valence-corrected chi connectivity index (χ3v) is 3.58. The van der Waals surface area contributed by atoms with Crippen LogP contribution in [-0.4, -0.2) is 32.6 Å². The van der Waals surface area contributed by atoms with Gasteiger partial charge in [0.1, 0.15) is 0 Å². The van der Waals surface area contributed by atoms with Crippen LogP contribution in [0.4, 0.5) is 0 Å². The van der Waals surface area contributed by atoms with Crippen LogP contribution in [0.15, 0.2) is 0 Å². The molecule has 54 valence electrons. The van der Waals surface area contributed by atoms with Crippen LogP contribution in [0.25, 0.3) is 0 Å². The average Bonchev–Trinajstić information content (AvgIpc) is 1.77. The lowest BCUT2D eigenvalue weighted by atomic mass is 10.5. The van der Waals surface area contributed by atoms with Crippen molar-refractivity contribution in [3.8, 4) is 0 Å². The molecule has 0 amide bonds. The molecule has 0 saturated carbocycles. The quantitative estimate of drug-likeness (QED) is 0.481. The molecule has 0 bridgehead atoms. The van der Waals surface area contributed by atoms with E-state index in [4.69, 9.17) is 4.74 Å². The largest absolute Gasteiger partial charge is 0.379 e. The first-order valence-electron chi connectivity index (χ1n) is 2.92. The van der Waals surface area contributed by atoms with Crippen LogP contribution < -0.4 is 0 Å². The van der Waals surface area contributed by atoms with Crippen molar-refractivity contribution in [3.63, 3.8) is 0 Å². The molecule has 1 atom stereocenters. The van der Waals surface area contributed by atoms with Gasteiger partial charge in [0.2, 0.25) is 0 Å². The molecule has 0 spiro atoms. The Bertz CT molecular complexity index is 182. The topological polar surface area (TPSA) is 43.4 Å². The summed E-state index contributed by atoms with van der Waals surface area (Å²) in [4.78, 5) is 0. The molecule has 1 saturated heterocycles. The van der Waals surface area contributed by atoms with Crippen molar-refractivity contribution < 1.29 is 13.2 Å². The number of hydrogen-bond donors (Lipinski definition) is 0. The van der Waals surface area contributed by atoms with Gasteiger partial charge in [-0.05, 0) is 6.92 Å². The van der Waals surface area contributed by atoms with Crippen molar-refractivity contribution in [1.82, 2.24) is 0 Å². The van der Waals surface area contributed by atoms with Gasteiger partial charge in [-0.3, -0.25) is 0 Å². The van der Waals surface area contributed by atoms with Crippen LogP contribution in [-0.2, 0) is 14.6 Å². The van der Waals surface area contributed by atoms with Gasteiger partial charge in [0.25, 0.3) is 0 Å². The molecule has 1 rings (SSSR count). The van der Waals surface area contributed by atoms with Crippen molar-refractivity contribution in [2.45, 2.75) is 12.2 Å². The normalized spacial score (nSPS) is 34.1. The van der Waals surface area contributed by atoms with Gasteiger partial charge in [-0.1, -0.05) is 0 Å². The Balaban J connectivity index is 2.72. The van der Waals surface area contributed by atoms with E-state index in [0.717, 1.165) is 0 Å². The molecule has 1 aliphatic rings. The SMILES string of the molecule is CC1COCCS1(=O)=O. The first-order valence-corrected chi connectivity index (χ1v) is 4.64. The second kappa shape index (κ2) is 2.27. The van der Waals surface area contributed by atoms with E-state index < -0.39 is 9.84 Å². The van der Waals surface area contributed by atoms with E-state index >= 15 is 0 Å². The van der Waals surface area contributed by atoms with Crippen LogP contribution in [0.1, 0.15) is 6.92 Å². The van der Waals surface area contributed by atoms with E-state index in [1.54, 1.807) is 6.92 Å². The van der Waals surface area contributed by atoms with Crippen molar-refractivity contribution in [2.75, 3.05) is 19.0 Å². The standard InChI is InChI=1S/C5H10O3S/c1-5-4-8-2-3-9(5,6)7/h5H,2-4H2,1H3. The molecule has 0 N–H and O–H groups in total. The third kappa shape index (κ3) is 1.43. The maximum atomic E-state index is 10.9. The number of ether oxygens (including phenoxy) is 1. The van der Waals surface area contributed by atoms with Gasteiger partial charge >= 0.3 is 0 Å². The van der Waals surface area contributed by atoms with Crippen LogP contribution >= 0.6 is 0 Å². The minimum atomic E-state index is -2.79. The van der Waals surface area contributed by atoms with E-state index in [1.165, 1.54) is 0 Å². The zero-order valence-electron chi connectivity index (χ0n) is 5.33. The monoisotopic (exact) mass is 150 g/mol. The summed E-state index contributed by atoms with van der Waals surface area (Å²) in [6.45, 7) is 2.41. The minimum Gasteiger partial charge on any atom is -0.379 e. The van der Waals surface area contributed by atoms with Crippen LogP contribution in [0.3, 0.4) is 0 Å². The molecule has 0 aromatic heterocycles. The molecular formula is C5H10O3S. The molecule has 1 aliphatic heterocycles. The first-order chi connectivity index (χ1) is 4.13. The zero-order chi connectivity index (χ0) is 6.91. The second-order valence-electron chi connectivity index (χ2n) is 2.25. The summed E-state index contributed by atoms with van der Waals surface area (Å²) in [5.41, 5.74) is 0. The predicted molar refractivity (Wildman–Crippen MR) is 34.1 cm³/mol. The third-order valence-electron chi connectivity index (χ3n) is 1.48. The summed E-state index contributed by atoms with van der Waals surface area (Å²) in [5, 5.41) is -0.300. The molecule has 0 aromatic carbocycles. The highest BCUT2D eigenvalue weighted by atomic mass is 32.2. The first kappa shape index (κ1) is 7.02. The summed E-state index contributed by atoms with van der Waals surface area (Å²) in [5.74, 6) is 0.189. The van der Waals surface area contributed by atoms with Gasteiger partial charge in [-0.2, -0.15) is 0 Å². The average molecular weight is 150 g/mol. The Morgan fingerprint density at radius 2 is 2.22 bits per heavy atom. The molecule has 9 heavy (non-hydrogen) atoms. The maximum Gasteiger partial charge on any atom is 0.157 e. The fourth-order valence-corrected chi connectivity index (χ4v) is 1.79. The number of hydrogen-bond acceptors (Lipinski definition) is 3. The van der Waals surface area contributed by atoms with Crippen LogP contribution in [0.5, 0.6) is 0 Å². The van der Waals surface area contributed by atoms with Gasteiger partial charge in [0.05, 0.1) is 24.2 Å². The fraction of sp³-hybridized carbons (Fsp3) is 1.00. The lowest BCUT2D eigenvalue weighted by Gasteiger charge is -2.18. The van der Waals surface area contributed by atoms with Gasteiger partial charge in [-0.25, -0.2) is 8.42 Å². The van der Waals surface area contributed by atoms with Gasteiger partial charge < -0.3 is 4.74 Å². The van der Waals surface area contributed by atoms with E-state index in [2.05, 4.69) is 0 Å². The van der Waals surface area contributed by atoms with Crippen LogP contribution in [0.2, 0.25) is 0 Å². The molecule has 0 aliphatic carbocycles. The summed E-state index contributed by atoms with van der Waals surface area (Å²) in [7, 11) is -2.79. The molecule has 3 nitrogen and oxygen atoms in total. The molecule has 4 heteroatoms. The highest BCUT2D eigenvalue weighted by Gasteiger charge is 2.24. The zero-order valence-corrected chi connectivity index (χ0v) is 6.15. The van der Waals surface area contributed by atoms with Crippen molar-refractivity contribution in [1.29, 1.82) is 0 Å². The highest BCUT2D eigenvalue weighted by Crippen LogP contribution is 2.07. The van der Waals surface area contributed by atoms with Gasteiger partial charge in [0, 0.05) is 0 Å². The van der Waals surface area contributed by atoms with Gasteiger partial charge in [-0.15, -0.1) is 0 Å². The predicted octanol–water partition coefficient (Wildman–Crippen LogP) is -0.180. The summed E-state index contributed by atoms with van der Waals surface area (Å²) < 4.78 is 26.7. The fourth-order valence-electron chi connectivity index (χ4n) is 0.729. The highest BCUT2D eigenvalue weighted by molar-refractivity contribution is 7.92. The Hall–Kier alpha value is -0.0900. The Labute approximate surface area is 54.9 Å². The minimum absolute atomic E-state index is 0.189. The Morgan fingerprint density at radius 3 is 2.56 bits per heavy atom. The van der Waals surface area contributed by atoms with E-state index in [0.29, 0.717) is 13.2 Å². The number of rotatable bonds is 0. The molecule has 1 fully saturated rings. The molecular weight excluding hydrogens is 140 g/mol. The molecule has 0 aromatic rings. The summed E-state index contributed by atoms with van der Waals surface area (Å²) in [6.07, 6.45) is 0. The smallest absolute Gasteiger partial charge is 0.157 e. The molecule has 1 heterocycles. The van der Waals surface area contributed by atoms with Gasteiger partial charge in [0.15, 0.2) is 9.84 Å². The Kier molecular flexibility index (Phi) is 1.77. The van der Waals surface area contributed by atoms with Crippen molar-refractivity contribution >= 4 is 9.84 Å². The lowest BCUT2D eigenvalue weighted by Crippen LogP contribution is -2.33. The van der Waals surface area contributed by atoms with Crippen LogP contribution in [0, 0.1) is 0 Å². The van der Waals surface area contributed by atoms with Crippen molar-refractivity contribution in [2.24, 2.45) is 0 Å². The van der Waals surface area contributed by atoms with E-state index in [1.807, 2.05) is 0 Å². The second-order valence-corrected chi connectivity index (χ2v) is 4.79. The van der Waals surface area contributed by atoms with E-state index in [-0.39, 0.29) is 11.0 Å². The summed E-state index contributed by atoms with van der Waals surface area (Å²) >= 11 is 0.